The quantitative estimate of drug-likeness (QED) is 0.719. The first-order chi connectivity index (χ1) is 9.28. The number of sulfonamides is 1. The maximum absolute atomic E-state index is 12.5. The number of hydrogen-bond donors (Lipinski definition) is 0. The van der Waals surface area contributed by atoms with E-state index < -0.39 is 16.0 Å². The van der Waals surface area contributed by atoms with Crippen LogP contribution < -0.4 is 0 Å². The molecule has 0 radical (unpaired) electrons. The molecule has 1 heterocycles. The predicted octanol–water partition coefficient (Wildman–Crippen LogP) is 1.81. The molecule has 20 heavy (non-hydrogen) atoms. The summed E-state index contributed by atoms with van der Waals surface area (Å²) in [7, 11) is -3.80. The van der Waals surface area contributed by atoms with Crippen molar-refractivity contribution in [3.63, 3.8) is 0 Å². The van der Waals surface area contributed by atoms with Gasteiger partial charge in [-0.3, -0.25) is 9.78 Å². The van der Waals surface area contributed by atoms with Crippen molar-refractivity contribution in [1.82, 2.24) is 9.29 Å². The molecule has 6 nitrogen and oxygen atoms in total. The van der Waals surface area contributed by atoms with Gasteiger partial charge < -0.3 is 4.74 Å². The summed E-state index contributed by atoms with van der Waals surface area (Å²) in [6, 6.07) is 1.08. The van der Waals surface area contributed by atoms with Crippen LogP contribution in [-0.2, 0) is 19.6 Å². The molecule has 0 aromatic carbocycles. The molecule has 0 unspecified atom stereocenters. The minimum Gasteiger partial charge on any atom is -0.465 e. The summed E-state index contributed by atoms with van der Waals surface area (Å²) < 4.78 is 31.5. The number of pyridine rings is 1. The van der Waals surface area contributed by atoms with Crippen LogP contribution in [0.3, 0.4) is 0 Å². The highest BCUT2D eigenvalue weighted by molar-refractivity contribution is 9.10. The van der Waals surface area contributed by atoms with Crippen molar-refractivity contribution >= 4 is 31.9 Å². The van der Waals surface area contributed by atoms with Crippen molar-refractivity contribution in [1.29, 1.82) is 0 Å². The normalized spacial score (nSPS) is 11.9. The van der Waals surface area contributed by atoms with E-state index in [1.54, 1.807) is 20.8 Å². The molecule has 1 aromatic rings. The molecule has 0 atom stereocenters. The Kier molecular flexibility index (Phi) is 6.09. The van der Waals surface area contributed by atoms with Gasteiger partial charge in [-0.05, 0) is 42.8 Å². The Balaban J connectivity index is 3.10. The van der Waals surface area contributed by atoms with Gasteiger partial charge in [-0.1, -0.05) is 0 Å². The summed E-state index contributed by atoms with van der Waals surface area (Å²) >= 11 is 3.18. The van der Waals surface area contributed by atoms with Crippen LogP contribution in [0.5, 0.6) is 0 Å². The van der Waals surface area contributed by atoms with Gasteiger partial charge in [-0.2, -0.15) is 4.31 Å². The molecular weight excluding hydrogens is 348 g/mol. The number of halogens is 1. The topological polar surface area (TPSA) is 76.6 Å². The van der Waals surface area contributed by atoms with E-state index in [1.165, 1.54) is 18.5 Å². The van der Waals surface area contributed by atoms with E-state index in [9.17, 15) is 13.2 Å². The first kappa shape index (κ1) is 17.1. The zero-order valence-corrected chi connectivity index (χ0v) is 13.9. The minimum atomic E-state index is -3.80. The van der Waals surface area contributed by atoms with Crippen molar-refractivity contribution in [3.8, 4) is 0 Å². The average molecular weight is 365 g/mol. The summed E-state index contributed by atoms with van der Waals surface area (Å²) in [5.74, 6) is -0.576. The largest absolute Gasteiger partial charge is 0.465 e. The number of rotatable bonds is 6. The zero-order chi connectivity index (χ0) is 15.3. The van der Waals surface area contributed by atoms with E-state index >= 15 is 0 Å². The summed E-state index contributed by atoms with van der Waals surface area (Å²) in [6.07, 6.45) is 2.74. The number of nitrogens with zero attached hydrogens (tertiary/aromatic N) is 2. The SMILES string of the molecule is CCOC(=O)CN(C(C)C)S(=O)(=O)c1cncc(Br)c1. The second-order valence-electron chi connectivity index (χ2n) is 4.29. The Bertz CT molecular complexity index is 575. The third kappa shape index (κ3) is 4.26. The molecule has 0 amide bonds. The van der Waals surface area contributed by atoms with E-state index in [4.69, 9.17) is 4.74 Å². The first-order valence-electron chi connectivity index (χ1n) is 6.07. The van der Waals surface area contributed by atoms with Crippen LogP contribution >= 0.6 is 15.9 Å². The van der Waals surface area contributed by atoms with Crippen LogP contribution in [0.2, 0.25) is 0 Å². The number of carbonyl (C=O) groups excluding carboxylic acids is 1. The van der Waals surface area contributed by atoms with Gasteiger partial charge >= 0.3 is 5.97 Å². The third-order valence-electron chi connectivity index (χ3n) is 2.45. The monoisotopic (exact) mass is 364 g/mol. The minimum absolute atomic E-state index is 0.0323. The van der Waals surface area contributed by atoms with Gasteiger partial charge in [0, 0.05) is 22.9 Å². The number of hydrogen-bond acceptors (Lipinski definition) is 5. The van der Waals surface area contributed by atoms with Gasteiger partial charge in [-0.15, -0.1) is 0 Å². The van der Waals surface area contributed by atoms with Crippen molar-refractivity contribution in [2.45, 2.75) is 31.7 Å². The van der Waals surface area contributed by atoms with E-state index in [0.29, 0.717) is 4.47 Å². The Hall–Kier alpha value is -0.990. The van der Waals surface area contributed by atoms with E-state index in [0.717, 1.165) is 4.31 Å². The number of ether oxygens (including phenoxy) is 1. The number of carbonyl (C=O) groups is 1. The lowest BCUT2D eigenvalue weighted by Gasteiger charge is -2.24. The van der Waals surface area contributed by atoms with Gasteiger partial charge in [0.15, 0.2) is 0 Å². The molecule has 1 rings (SSSR count). The highest BCUT2D eigenvalue weighted by atomic mass is 79.9. The van der Waals surface area contributed by atoms with E-state index in [-0.39, 0.29) is 24.1 Å². The van der Waals surface area contributed by atoms with E-state index in [1.807, 2.05) is 0 Å². The molecule has 0 N–H and O–H groups in total. The fourth-order valence-electron chi connectivity index (χ4n) is 1.55. The van der Waals surface area contributed by atoms with Crippen LogP contribution in [0.4, 0.5) is 0 Å². The smallest absolute Gasteiger partial charge is 0.321 e. The third-order valence-corrected chi connectivity index (χ3v) is 4.87. The second kappa shape index (κ2) is 7.14. The number of aromatic nitrogens is 1. The van der Waals surface area contributed by atoms with Crippen molar-refractivity contribution in [2.24, 2.45) is 0 Å². The molecule has 8 heteroatoms. The molecule has 0 saturated carbocycles. The van der Waals surface area contributed by atoms with Crippen molar-refractivity contribution in [2.75, 3.05) is 13.2 Å². The predicted molar refractivity (Wildman–Crippen MR) is 77.6 cm³/mol. The lowest BCUT2D eigenvalue weighted by Crippen LogP contribution is -2.41. The van der Waals surface area contributed by atoms with Crippen LogP contribution in [-0.4, -0.2) is 42.9 Å². The molecule has 0 aliphatic rings. The Morgan fingerprint density at radius 3 is 2.60 bits per heavy atom. The molecule has 0 saturated heterocycles. The maximum Gasteiger partial charge on any atom is 0.321 e. The van der Waals surface area contributed by atoms with Gasteiger partial charge in [0.05, 0.1) is 6.61 Å². The Morgan fingerprint density at radius 2 is 2.10 bits per heavy atom. The standard InChI is InChI=1S/C12H17BrN2O4S/c1-4-19-12(16)8-15(9(2)3)20(17,18)11-5-10(13)6-14-7-11/h5-7,9H,4,8H2,1-3H3. The number of esters is 1. The molecule has 0 aliphatic heterocycles. The molecule has 1 aromatic heterocycles. The molecule has 0 bridgehead atoms. The van der Waals surface area contributed by atoms with Gasteiger partial charge in [0.25, 0.3) is 0 Å². The Labute approximate surface area is 127 Å². The average Bonchev–Trinajstić information content (AvgIpc) is 2.35. The van der Waals surface area contributed by atoms with Crippen molar-refractivity contribution in [3.05, 3.63) is 22.9 Å². The molecular formula is C12H17BrN2O4S. The van der Waals surface area contributed by atoms with E-state index in [2.05, 4.69) is 20.9 Å². The summed E-state index contributed by atoms with van der Waals surface area (Å²) in [6.45, 7) is 4.96. The van der Waals surface area contributed by atoms with Crippen molar-refractivity contribution < 1.29 is 17.9 Å². The molecule has 0 fully saturated rings. The lowest BCUT2D eigenvalue weighted by molar-refractivity contribution is -0.143. The van der Waals surface area contributed by atoms with Crippen LogP contribution in [0, 0.1) is 0 Å². The molecule has 0 spiro atoms. The lowest BCUT2D eigenvalue weighted by atomic mass is 10.4. The van der Waals surface area contributed by atoms with Gasteiger partial charge in [0.2, 0.25) is 10.0 Å². The maximum atomic E-state index is 12.5. The summed E-state index contributed by atoms with van der Waals surface area (Å²) in [5, 5.41) is 0. The second-order valence-corrected chi connectivity index (χ2v) is 7.09. The Morgan fingerprint density at radius 1 is 1.45 bits per heavy atom. The molecule has 112 valence electrons. The van der Waals surface area contributed by atoms with Crippen LogP contribution in [0.25, 0.3) is 0 Å². The first-order valence-corrected chi connectivity index (χ1v) is 8.30. The molecule has 0 aliphatic carbocycles. The van der Waals surface area contributed by atoms with Gasteiger partial charge in [0.1, 0.15) is 11.4 Å². The van der Waals surface area contributed by atoms with Gasteiger partial charge in [-0.25, -0.2) is 8.42 Å². The fraction of sp³-hybridized carbons (Fsp3) is 0.500. The highest BCUT2D eigenvalue weighted by Gasteiger charge is 2.29. The van der Waals surface area contributed by atoms with Crippen LogP contribution in [0.15, 0.2) is 27.8 Å². The zero-order valence-electron chi connectivity index (χ0n) is 11.5. The summed E-state index contributed by atoms with van der Waals surface area (Å²) in [4.78, 5) is 15.4. The summed E-state index contributed by atoms with van der Waals surface area (Å²) in [5.41, 5.74) is 0. The fourth-order valence-corrected chi connectivity index (χ4v) is 3.64. The highest BCUT2D eigenvalue weighted by Crippen LogP contribution is 2.20. The van der Waals surface area contributed by atoms with Crippen LogP contribution in [0.1, 0.15) is 20.8 Å².